The first-order valence-electron chi connectivity index (χ1n) is 10.2. The van der Waals surface area contributed by atoms with Crippen LogP contribution in [0.4, 0.5) is 34.1 Å². The van der Waals surface area contributed by atoms with Gasteiger partial charge in [-0.15, -0.1) is 13.2 Å². The molecule has 0 spiro atoms. The average molecular weight is 464 g/mol. The molecule has 2 aliphatic rings. The Labute approximate surface area is 188 Å². The van der Waals surface area contributed by atoms with E-state index in [2.05, 4.69) is 20.7 Å². The Hall–Kier alpha value is -3.63. The fraction of sp³-hybridized carbons (Fsp3) is 0.364. The van der Waals surface area contributed by atoms with Gasteiger partial charge in [0.2, 0.25) is 0 Å². The number of carbonyl (C=O) groups is 2. The minimum atomic E-state index is -4.82. The normalized spacial score (nSPS) is 18.9. The fourth-order valence-corrected chi connectivity index (χ4v) is 4.06. The summed E-state index contributed by atoms with van der Waals surface area (Å²) in [7, 11) is 1.63. The van der Waals surface area contributed by atoms with E-state index in [4.69, 9.17) is 4.74 Å². The molecule has 0 aromatic heterocycles. The van der Waals surface area contributed by atoms with E-state index in [0.29, 0.717) is 23.4 Å². The Morgan fingerprint density at radius 2 is 2.03 bits per heavy atom. The fourth-order valence-electron chi connectivity index (χ4n) is 4.06. The minimum Gasteiger partial charge on any atom is -0.487 e. The van der Waals surface area contributed by atoms with Crippen LogP contribution in [0, 0.1) is 0 Å². The van der Waals surface area contributed by atoms with Crippen molar-refractivity contribution in [3.8, 4) is 11.5 Å². The van der Waals surface area contributed by atoms with Gasteiger partial charge in [-0.3, -0.25) is 4.90 Å². The highest BCUT2D eigenvalue weighted by atomic mass is 19.4. The number of alkyl halides is 3. The Balaban J connectivity index is 1.54. The number of nitrogens with one attached hydrogen (secondary N) is 3. The molecular weight excluding hydrogens is 441 g/mol. The van der Waals surface area contributed by atoms with Gasteiger partial charge in [0.15, 0.2) is 0 Å². The summed E-state index contributed by atoms with van der Waals surface area (Å²) in [4.78, 5) is 26.2. The van der Waals surface area contributed by atoms with E-state index in [9.17, 15) is 22.8 Å². The van der Waals surface area contributed by atoms with E-state index in [1.165, 1.54) is 23.1 Å². The van der Waals surface area contributed by atoms with Crippen molar-refractivity contribution in [2.45, 2.75) is 44.8 Å². The summed E-state index contributed by atoms with van der Waals surface area (Å²) in [5, 5.41) is 8.43. The van der Waals surface area contributed by atoms with Gasteiger partial charge >= 0.3 is 18.4 Å². The predicted octanol–water partition coefficient (Wildman–Crippen LogP) is 4.67. The van der Waals surface area contributed by atoms with Gasteiger partial charge in [0.25, 0.3) is 0 Å². The molecule has 8 nitrogen and oxygen atoms in total. The van der Waals surface area contributed by atoms with Gasteiger partial charge in [-0.2, -0.15) is 0 Å². The molecule has 2 heterocycles. The highest BCUT2D eigenvalue weighted by molar-refractivity contribution is 5.98. The number of fused-ring (bicyclic) bond motifs is 2. The van der Waals surface area contributed by atoms with E-state index >= 15 is 0 Å². The SMILES string of the molecule is CN1C(=O)NCc2c(NC(=O)N[C@@H]3CC(C)(C)Oc4cc(OC(F)(F)F)ccc43)cccc21. The molecule has 0 saturated heterocycles. The number of carbonyl (C=O) groups excluding carboxylic acids is 2. The first-order chi connectivity index (χ1) is 15.4. The van der Waals surface area contributed by atoms with Gasteiger partial charge in [-0.1, -0.05) is 6.07 Å². The van der Waals surface area contributed by atoms with Crippen LogP contribution in [0.5, 0.6) is 11.5 Å². The van der Waals surface area contributed by atoms with Crippen molar-refractivity contribution in [3.05, 3.63) is 47.5 Å². The zero-order valence-electron chi connectivity index (χ0n) is 18.2. The van der Waals surface area contributed by atoms with Gasteiger partial charge in [-0.25, -0.2) is 9.59 Å². The number of ether oxygens (including phenoxy) is 2. The number of hydrogen-bond acceptors (Lipinski definition) is 4. The van der Waals surface area contributed by atoms with Crippen molar-refractivity contribution < 1.29 is 32.2 Å². The van der Waals surface area contributed by atoms with E-state index < -0.39 is 29.8 Å². The Morgan fingerprint density at radius 1 is 1.27 bits per heavy atom. The van der Waals surface area contributed by atoms with Crippen LogP contribution in [0.2, 0.25) is 0 Å². The number of anilines is 2. The molecular formula is C22H23F3N4O4. The van der Waals surface area contributed by atoms with E-state index in [1.807, 2.05) is 0 Å². The Bertz CT molecular complexity index is 1100. The highest BCUT2D eigenvalue weighted by Gasteiger charge is 2.36. The summed E-state index contributed by atoms with van der Waals surface area (Å²) in [6.07, 6.45) is -4.42. The van der Waals surface area contributed by atoms with Gasteiger partial charge in [-0.05, 0) is 38.1 Å². The van der Waals surface area contributed by atoms with Crippen LogP contribution >= 0.6 is 0 Å². The topological polar surface area (TPSA) is 91.9 Å². The van der Waals surface area contributed by atoms with Gasteiger partial charge in [0.1, 0.15) is 17.1 Å². The van der Waals surface area contributed by atoms with Crippen LogP contribution in [-0.4, -0.2) is 31.1 Å². The molecule has 3 N–H and O–H groups in total. The molecule has 2 aromatic rings. The zero-order chi connectivity index (χ0) is 24.0. The number of halogens is 3. The molecule has 0 unspecified atom stereocenters. The highest BCUT2D eigenvalue weighted by Crippen LogP contribution is 2.42. The molecule has 2 aliphatic heterocycles. The zero-order valence-corrected chi connectivity index (χ0v) is 18.2. The lowest BCUT2D eigenvalue weighted by Gasteiger charge is -2.38. The molecule has 0 fully saturated rings. The summed E-state index contributed by atoms with van der Waals surface area (Å²) >= 11 is 0. The van der Waals surface area contributed by atoms with Crippen LogP contribution in [0.1, 0.15) is 37.4 Å². The third-order valence-corrected chi connectivity index (χ3v) is 5.46. The molecule has 0 radical (unpaired) electrons. The summed E-state index contributed by atoms with van der Waals surface area (Å²) in [5.41, 5.74) is 1.79. The summed E-state index contributed by atoms with van der Waals surface area (Å²) in [5.74, 6) is -0.191. The van der Waals surface area contributed by atoms with Crippen LogP contribution < -0.4 is 30.3 Å². The first kappa shape index (κ1) is 22.6. The molecule has 1 atom stereocenters. The maximum atomic E-state index is 12.9. The molecule has 0 saturated carbocycles. The number of nitrogens with zero attached hydrogens (tertiary/aromatic N) is 1. The second-order valence-corrected chi connectivity index (χ2v) is 8.49. The Morgan fingerprint density at radius 3 is 2.76 bits per heavy atom. The number of hydrogen-bond donors (Lipinski definition) is 3. The van der Waals surface area contributed by atoms with Crippen LogP contribution in [0.25, 0.3) is 0 Å². The Kier molecular flexibility index (Phi) is 5.51. The standard InChI is InChI=1S/C22H23F3N4O4/c1-21(2)10-16(13-8-7-12(9-18(13)33-21)32-22(23,24)25)28-19(30)27-15-5-4-6-17-14(15)11-26-20(31)29(17)3/h4-9,16H,10-11H2,1-3H3,(H,26,31)(H2,27,28,30)/t16-/m1/s1. The smallest absolute Gasteiger partial charge is 0.487 e. The largest absolute Gasteiger partial charge is 0.573 e. The molecule has 33 heavy (non-hydrogen) atoms. The molecule has 4 amide bonds. The lowest BCUT2D eigenvalue weighted by Crippen LogP contribution is -2.43. The predicted molar refractivity (Wildman–Crippen MR) is 114 cm³/mol. The minimum absolute atomic E-state index is 0.208. The van der Waals surface area contributed by atoms with Crippen LogP contribution in [-0.2, 0) is 6.54 Å². The summed E-state index contributed by atoms with van der Waals surface area (Å²) in [6.45, 7) is 3.84. The molecule has 0 bridgehead atoms. The molecule has 11 heteroatoms. The monoisotopic (exact) mass is 464 g/mol. The third kappa shape index (κ3) is 4.91. The molecule has 0 aliphatic carbocycles. The van der Waals surface area contributed by atoms with E-state index in [-0.39, 0.29) is 18.3 Å². The van der Waals surface area contributed by atoms with Crippen molar-refractivity contribution >= 4 is 23.4 Å². The van der Waals surface area contributed by atoms with Crippen LogP contribution in [0.15, 0.2) is 36.4 Å². The van der Waals surface area contributed by atoms with Crippen molar-refractivity contribution in [2.75, 3.05) is 17.3 Å². The molecule has 176 valence electrons. The summed E-state index contributed by atoms with van der Waals surface area (Å²) in [6, 6.07) is 7.82. The third-order valence-electron chi connectivity index (χ3n) is 5.46. The quantitative estimate of drug-likeness (QED) is 0.616. The number of amides is 4. The van der Waals surface area contributed by atoms with Gasteiger partial charge in [0.05, 0.1) is 11.7 Å². The lowest BCUT2D eigenvalue weighted by molar-refractivity contribution is -0.274. The van der Waals surface area contributed by atoms with Crippen molar-refractivity contribution in [3.63, 3.8) is 0 Å². The second kappa shape index (κ2) is 8.05. The van der Waals surface area contributed by atoms with Crippen molar-refractivity contribution in [2.24, 2.45) is 0 Å². The molecule has 4 rings (SSSR count). The number of benzene rings is 2. The maximum Gasteiger partial charge on any atom is 0.573 e. The van der Waals surface area contributed by atoms with E-state index in [0.717, 1.165) is 5.56 Å². The summed E-state index contributed by atoms with van der Waals surface area (Å²) < 4.78 is 47.6. The lowest BCUT2D eigenvalue weighted by atomic mass is 9.89. The number of rotatable bonds is 3. The average Bonchev–Trinajstić information content (AvgIpc) is 2.68. The van der Waals surface area contributed by atoms with Crippen LogP contribution in [0.3, 0.4) is 0 Å². The van der Waals surface area contributed by atoms with Gasteiger partial charge in [0, 0.05) is 42.9 Å². The molecule has 2 aromatic carbocycles. The number of urea groups is 2. The van der Waals surface area contributed by atoms with Crippen molar-refractivity contribution in [1.29, 1.82) is 0 Å². The maximum absolute atomic E-state index is 12.9. The van der Waals surface area contributed by atoms with Crippen molar-refractivity contribution in [1.82, 2.24) is 10.6 Å². The first-order valence-corrected chi connectivity index (χ1v) is 10.2. The van der Waals surface area contributed by atoms with Gasteiger partial charge < -0.3 is 25.4 Å². The second-order valence-electron chi connectivity index (χ2n) is 8.49. The van der Waals surface area contributed by atoms with E-state index in [1.54, 1.807) is 39.1 Å².